The molecule has 24 heavy (non-hydrogen) atoms. The molecule has 0 saturated carbocycles. The van der Waals surface area contributed by atoms with Crippen LogP contribution in [0.25, 0.3) is 6.08 Å². The Labute approximate surface area is 150 Å². The third kappa shape index (κ3) is 3.13. The van der Waals surface area contributed by atoms with Crippen molar-refractivity contribution < 1.29 is 9.53 Å². The molecule has 1 amide bonds. The molecule has 1 aliphatic rings. The first-order valence-electron chi connectivity index (χ1n) is 7.29. The lowest BCUT2D eigenvalue weighted by molar-refractivity contribution is -0.113. The first-order valence-corrected chi connectivity index (χ1v) is 8.23. The maximum Gasteiger partial charge on any atom is 0.281 e. The molecule has 4 nitrogen and oxygen atoms in total. The summed E-state index contributed by atoms with van der Waals surface area (Å²) in [5, 5.41) is 3.34. The summed E-state index contributed by atoms with van der Waals surface area (Å²) >= 11 is 11.2. The van der Waals surface area contributed by atoms with Gasteiger partial charge in [-0.05, 0) is 48.1 Å². The standard InChI is InChI=1S/C18H15ClN2O2S/c1-23-16-8-7-12(9-13(16)11-19)10-15-17(22)21(18(24)20-15)14-5-3-2-4-6-14/h2-10H,11H2,1H3,(H,20,24)/b15-10+. The number of para-hydroxylation sites is 1. The number of alkyl halides is 1. The molecule has 6 heteroatoms. The summed E-state index contributed by atoms with van der Waals surface area (Å²) in [6.07, 6.45) is 1.76. The van der Waals surface area contributed by atoms with E-state index >= 15 is 0 Å². The number of anilines is 1. The van der Waals surface area contributed by atoms with E-state index in [0.29, 0.717) is 16.7 Å². The predicted molar refractivity (Wildman–Crippen MR) is 100 cm³/mol. The molecule has 0 aromatic heterocycles. The zero-order valence-electron chi connectivity index (χ0n) is 13.0. The fourth-order valence-electron chi connectivity index (χ4n) is 2.51. The average molecular weight is 359 g/mol. The van der Waals surface area contributed by atoms with Crippen molar-refractivity contribution in [2.75, 3.05) is 12.0 Å². The van der Waals surface area contributed by atoms with Crippen molar-refractivity contribution in [3.05, 3.63) is 65.4 Å². The van der Waals surface area contributed by atoms with Crippen LogP contribution in [0, 0.1) is 0 Å². The second-order valence-corrected chi connectivity index (χ2v) is 5.82. The molecular weight excluding hydrogens is 344 g/mol. The number of nitrogens with zero attached hydrogens (tertiary/aromatic N) is 1. The molecule has 0 spiro atoms. The van der Waals surface area contributed by atoms with Crippen LogP contribution >= 0.6 is 23.8 Å². The van der Waals surface area contributed by atoms with Gasteiger partial charge in [0.2, 0.25) is 0 Å². The summed E-state index contributed by atoms with van der Waals surface area (Å²) in [5.41, 5.74) is 2.87. The molecule has 1 saturated heterocycles. The van der Waals surface area contributed by atoms with Crippen molar-refractivity contribution in [2.45, 2.75) is 5.88 Å². The fraction of sp³-hybridized carbons (Fsp3) is 0.111. The number of hydrogen-bond donors (Lipinski definition) is 1. The smallest absolute Gasteiger partial charge is 0.281 e. The number of rotatable bonds is 4. The number of carbonyl (C=O) groups excluding carboxylic acids is 1. The molecule has 0 bridgehead atoms. The predicted octanol–water partition coefficient (Wildman–Crippen LogP) is 3.70. The monoisotopic (exact) mass is 358 g/mol. The largest absolute Gasteiger partial charge is 0.496 e. The van der Waals surface area contributed by atoms with Crippen molar-refractivity contribution in [2.24, 2.45) is 0 Å². The van der Waals surface area contributed by atoms with Crippen molar-refractivity contribution >= 4 is 46.6 Å². The first kappa shape index (κ1) is 16.5. The number of amides is 1. The van der Waals surface area contributed by atoms with E-state index in [2.05, 4.69) is 5.32 Å². The topological polar surface area (TPSA) is 41.6 Å². The maximum atomic E-state index is 12.7. The Kier molecular flexibility index (Phi) is 4.83. The Hall–Kier alpha value is -2.37. The number of benzene rings is 2. The van der Waals surface area contributed by atoms with E-state index in [1.165, 1.54) is 4.90 Å². The highest BCUT2D eigenvalue weighted by atomic mass is 35.5. The second kappa shape index (κ2) is 7.03. The lowest BCUT2D eigenvalue weighted by Crippen LogP contribution is -2.30. The minimum Gasteiger partial charge on any atom is -0.496 e. The molecule has 1 aliphatic heterocycles. The number of thiocarbonyl (C=S) groups is 1. The highest BCUT2D eigenvalue weighted by molar-refractivity contribution is 7.80. The third-order valence-electron chi connectivity index (χ3n) is 3.65. The van der Waals surface area contributed by atoms with Gasteiger partial charge >= 0.3 is 0 Å². The molecule has 2 aromatic rings. The molecule has 1 heterocycles. The van der Waals surface area contributed by atoms with E-state index in [1.54, 1.807) is 13.2 Å². The van der Waals surface area contributed by atoms with Gasteiger partial charge in [-0.15, -0.1) is 11.6 Å². The van der Waals surface area contributed by atoms with Gasteiger partial charge in [0, 0.05) is 5.56 Å². The molecule has 1 N–H and O–H groups in total. The summed E-state index contributed by atoms with van der Waals surface area (Å²) in [6, 6.07) is 14.9. The highest BCUT2D eigenvalue weighted by Crippen LogP contribution is 2.25. The van der Waals surface area contributed by atoms with Crippen LogP contribution in [0.3, 0.4) is 0 Å². The fourth-order valence-corrected chi connectivity index (χ4v) is 3.01. The number of halogens is 1. The van der Waals surface area contributed by atoms with Gasteiger partial charge in [0.25, 0.3) is 5.91 Å². The van der Waals surface area contributed by atoms with Crippen LogP contribution in [0.4, 0.5) is 5.69 Å². The molecule has 2 aromatic carbocycles. The minimum absolute atomic E-state index is 0.186. The Balaban J connectivity index is 1.92. The van der Waals surface area contributed by atoms with Gasteiger partial charge in [0.1, 0.15) is 11.4 Å². The lowest BCUT2D eigenvalue weighted by Gasteiger charge is -2.13. The van der Waals surface area contributed by atoms with Crippen LogP contribution in [-0.4, -0.2) is 18.1 Å². The first-order chi connectivity index (χ1) is 11.6. The SMILES string of the molecule is COc1ccc(/C=C2/NC(=S)N(c3ccccc3)C2=O)cc1CCl. The van der Waals surface area contributed by atoms with E-state index in [-0.39, 0.29) is 5.91 Å². The summed E-state index contributed by atoms with van der Waals surface area (Å²) in [4.78, 5) is 14.1. The van der Waals surface area contributed by atoms with Gasteiger partial charge in [-0.1, -0.05) is 24.3 Å². The number of hydrogen-bond acceptors (Lipinski definition) is 3. The summed E-state index contributed by atoms with van der Waals surface area (Å²) in [5.74, 6) is 0.865. The van der Waals surface area contributed by atoms with Gasteiger partial charge in [-0.2, -0.15) is 0 Å². The molecule has 0 aliphatic carbocycles. The molecule has 0 atom stereocenters. The quantitative estimate of drug-likeness (QED) is 0.514. The lowest BCUT2D eigenvalue weighted by atomic mass is 10.1. The van der Waals surface area contributed by atoms with Gasteiger partial charge in [-0.25, -0.2) is 0 Å². The zero-order valence-corrected chi connectivity index (χ0v) is 14.5. The van der Waals surface area contributed by atoms with Crippen molar-refractivity contribution in [1.29, 1.82) is 0 Å². The molecular formula is C18H15ClN2O2S. The van der Waals surface area contributed by atoms with Gasteiger partial charge in [0.15, 0.2) is 5.11 Å². The van der Waals surface area contributed by atoms with E-state index in [4.69, 9.17) is 28.6 Å². The van der Waals surface area contributed by atoms with Crippen LogP contribution in [0.2, 0.25) is 0 Å². The average Bonchev–Trinajstić information content (AvgIpc) is 2.89. The van der Waals surface area contributed by atoms with Gasteiger partial charge in [-0.3, -0.25) is 9.69 Å². The van der Waals surface area contributed by atoms with Crippen LogP contribution in [0.15, 0.2) is 54.2 Å². The van der Waals surface area contributed by atoms with Crippen molar-refractivity contribution in [3.63, 3.8) is 0 Å². The Morgan fingerprint density at radius 3 is 2.67 bits per heavy atom. The molecule has 0 unspecified atom stereocenters. The number of ether oxygens (including phenoxy) is 1. The van der Waals surface area contributed by atoms with Crippen LogP contribution < -0.4 is 15.0 Å². The zero-order chi connectivity index (χ0) is 17.1. The van der Waals surface area contributed by atoms with Crippen LogP contribution in [0.1, 0.15) is 11.1 Å². The van der Waals surface area contributed by atoms with Crippen molar-refractivity contribution in [1.82, 2.24) is 5.32 Å². The number of nitrogens with one attached hydrogen (secondary N) is 1. The number of methoxy groups -OCH3 is 1. The van der Waals surface area contributed by atoms with Gasteiger partial charge in [0.05, 0.1) is 18.7 Å². The second-order valence-electron chi connectivity index (χ2n) is 5.17. The Morgan fingerprint density at radius 2 is 2.00 bits per heavy atom. The molecule has 3 rings (SSSR count). The van der Waals surface area contributed by atoms with Crippen LogP contribution in [0.5, 0.6) is 5.75 Å². The van der Waals surface area contributed by atoms with E-state index in [0.717, 1.165) is 22.6 Å². The molecule has 1 fully saturated rings. The van der Waals surface area contributed by atoms with Crippen molar-refractivity contribution in [3.8, 4) is 5.75 Å². The van der Waals surface area contributed by atoms with Gasteiger partial charge < -0.3 is 10.1 Å². The normalized spacial score (nSPS) is 15.8. The minimum atomic E-state index is -0.186. The van der Waals surface area contributed by atoms with Crippen LogP contribution in [-0.2, 0) is 10.7 Å². The third-order valence-corrected chi connectivity index (χ3v) is 4.22. The molecule has 122 valence electrons. The number of carbonyl (C=O) groups is 1. The summed E-state index contributed by atoms with van der Waals surface area (Å²) in [7, 11) is 1.60. The summed E-state index contributed by atoms with van der Waals surface area (Å²) < 4.78 is 5.26. The van der Waals surface area contributed by atoms with E-state index in [9.17, 15) is 4.79 Å². The van der Waals surface area contributed by atoms with E-state index in [1.807, 2.05) is 48.5 Å². The highest BCUT2D eigenvalue weighted by Gasteiger charge is 2.31. The molecule has 0 radical (unpaired) electrons. The summed E-state index contributed by atoms with van der Waals surface area (Å²) in [6.45, 7) is 0. The Bertz CT molecular complexity index is 821. The maximum absolute atomic E-state index is 12.7. The van der Waals surface area contributed by atoms with E-state index < -0.39 is 0 Å². The Morgan fingerprint density at radius 1 is 1.25 bits per heavy atom.